The first-order chi connectivity index (χ1) is 3.93. The standard InChI is InChI=1S/C8H8/c1-2-3-5-8-6-4-7-8/h2-4,6H,1,7H2. The fourth-order valence-electron chi connectivity index (χ4n) is 0.509. The van der Waals surface area contributed by atoms with Crippen molar-refractivity contribution in [2.45, 2.75) is 6.42 Å². The summed E-state index contributed by atoms with van der Waals surface area (Å²) < 4.78 is 0. The van der Waals surface area contributed by atoms with E-state index < -0.39 is 0 Å². The smallest absolute Gasteiger partial charge is 0.00204 e. The van der Waals surface area contributed by atoms with Crippen molar-refractivity contribution in [2.75, 3.05) is 0 Å². The molecule has 0 bridgehead atoms. The van der Waals surface area contributed by atoms with Crippen LogP contribution in [-0.2, 0) is 0 Å². The van der Waals surface area contributed by atoms with Crippen LogP contribution < -0.4 is 0 Å². The average Bonchev–Trinajstić information content (AvgIpc) is 1.63. The first-order valence-corrected chi connectivity index (χ1v) is 2.66. The molecule has 0 aliphatic heterocycles. The summed E-state index contributed by atoms with van der Waals surface area (Å²) >= 11 is 0. The highest BCUT2D eigenvalue weighted by Gasteiger charge is 1.93. The average molecular weight is 104 g/mol. The number of hydrogen-bond acceptors (Lipinski definition) is 0. The normalized spacial score (nSPS) is 14.2. The molecule has 0 heterocycles. The Morgan fingerprint density at radius 1 is 1.75 bits per heavy atom. The molecule has 8 heavy (non-hydrogen) atoms. The SMILES string of the molecule is C=CC=C=C1C=CC1. The van der Waals surface area contributed by atoms with Gasteiger partial charge in [-0.05, 0) is 18.1 Å². The van der Waals surface area contributed by atoms with E-state index in [0.29, 0.717) is 0 Å². The summed E-state index contributed by atoms with van der Waals surface area (Å²) in [5, 5.41) is 0. The molecular formula is C8H8. The van der Waals surface area contributed by atoms with Crippen molar-refractivity contribution >= 4 is 0 Å². The second-order valence-corrected chi connectivity index (χ2v) is 1.68. The monoisotopic (exact) mass is 104 g/mol. The van der Waals surface area contributed by atoms with Crippen LogP contribution in [-0.4, -0.2) is 0 Å². The van der Waals surface area contributed by atoms with Gasteiger partial charge in [0.25, 0.3) is 0 Å². The molecule has 1 aliphatic carbocycles. The predicted octanol–water partition coefficient (Wildman–Crippen LogP) is 2.21. The Morgan fingerprint density at radius 3 is 2.88 bits per heavy atom. The molecule has 0 saturated heterocycles. The Hall–Kier alpha value is -1.00. The minimum absolute atomic E-state index is 1.07. The van der Waals surface area contributed by atoms with E-state index in [2.05, 4.69) is 24.5 Å². The van der Waals surface area contributed by atoms with Gasteiger partial charge in [-0.1, -0.05) is 24.8 Å². The molecule has 0 N–H and O–H groups in total. The molecule has 0 atom stereocenters. The largest absolute Gasteiger partial charge is 0.117 e. The van der Waals surface area contributed by atoms with Gasteiger partial charge in [0.15, 0.2) is 0 Å². The van der Waals surface area contributed by atoms with Crippen LogP contribution in [0.25, 0.3) is 0 Å². The fraction of sp³-hybridized carbons (Fsp3) is 0.125. The Balaban J connectivity index is 2.68. The molecule has 1 rings (SSSR count). The highest BCUT2D eigenvalue weighted by atomic mass is 14.0. The lowest BCUT2D eigenvalue weighted by Crippen LogP contribution is -1.81. The van der Waals surface area contributed by atoms with E-state index in [1.807, 2.05) is 6.08 Å². The molecule has 0 nitrogen and oxygen atoms in total. The van der Waals surface area contributed by atoms with Crippen molar-refractivity contribution in [1.29, 1.82) is 0 Å². The van der Waals surface area contributed by atoms with Crippen LogP contribution in [0.4, 0.5) is 0 Å². The zero-order valence-electron chi connectivity index (χ0n) is 4.72. The quantitative estimate of drug-likeness (QED) is 0.353. The molecule has 0 unspecified atom stereocenters. The molecule has 0 aromatic rings. The van der Waals surface area contributed by atoms with E-state index in [0.717, 1.165) is 6.42 Å². The third kappa shape index (κ3) is 0.988. The third-order valence-corrected chi connectivity index (χ3v) is 1.04. The lowest BCUT2D eigenvalue weighted by Gasteiger charge is -1.99. The lowest BCUT2D eigenvalue weighted by molar-refractivity contribution is 1.20. The van der Waals surface area contributed by atoms with E-state index in [-0.39, 0.29) is 0 Å². The Bertz CT molecular complexity index is 176. The van der Waals surface area contributed by atoms with Crippen LogP contribution in [0.2, 0.25) is 0 Å². The minimum Gasteiger partial charge on any atom is -0.117 e. The summed E-state index contributed by atoms with van der Waals surface area (Å²) in [7, 11) is 0. The van der Waals surface area contributed by atoms with Gasteiger partial charge in [-0.2, -0.15) is 0 Å². The van der Waals surface area contributed by atoms with Crippen molar-refractivity contribution in [2.24, 2.45) is 0 Å². The van der Waals surface area contributed by atoms with Gasteiger partial charge in [0.2, 0.25) is 0 Å². The molecule has 0 saturated carbocycles. The van der Waals surface area contributed by atoms with Crippen LogP contribution in [0, 0.1) is 0 Å². The molecule has 0 heteroatoms. The van der Waals surface area contributed by atoms with Gasteiger partial charge in [0, 0.05) is 0 Å². The van der Waals surface area contributed by atoms with Gasteiger partial charge in [-0.15, -0.1) is 5.73 Å². The van der Waals surface area contributed by atoms with Gasteiger partial charge in [0.1, 0.15) is 0 Å². The van der Waals surface area contributed by atoms with Crippen molar-refractivity contribution in [3.8, 4) is 0 Å². The highest BCUT2D eigenvalue weighted by Crippen LogP contribution is 2.12. The lowest BCUT2D eigenvalue weighted by atomic mass is 10.0. The van der Waals surface area contributed by atoms with E-state index >= 15 is 0 Å². The molecule has 0 radical (unpaired) electrons. The summed E-state index contributed by atoms with van der Waals surface area (Å²) in [6, 6.07) is 0. The molecule has 0 spiro atoms. The van der Waals surface area contributed by atoms with Gasteiger partial charge >= 0.3 is 0 Å². The highest BCUT2D eigenvalue weighted by molar-refractivity contribution is 5.30. The summed E-state index contributed by atoms with van der Waals surface area (Å²) in [4.78, 5) is 0. The molecular weight excluding hydrogens is 96.1 g/mol. The van der Waals surface area contributed by atoms with Gasteiger partial charge < -0.3 is 0 Å². The van der Waals surface area contributed by atoms with Gasteiger partial charge in [0.05, 0.1) is 0 Å². The van der Waals surface area contributed by atoms with Gasteiger partial charge in [-0.25, -0.2) is 0 Å². The second kappa shape index (κ2) is 2.34. The molecule has 0 aromatic carbocycles. The van der Waals surface area contributed by atoms with Crippen molar-refractivity contribution < 1.29 is 0 Å². The van der Waals surface area contributed by atoms with Crippen LogP contribution in [0.15, 0.2) is 42.2 Å². The maximum atomic E-state index is 3.54. The minimum atomic E-state index is 1.07. The second-order valence-electron chi connectivity index (χ2n) is 1.68. The van der Waals surface area contributed by atoms with Crippen LogP contribution >= 0.6 is 0 Å². The number of allylic oxidation sites excluding steroid dienone is 4. The Kier molecular flexibility index (Phi) is 1.51. The summed E-state index contributed by atoms with van der Waals surface area (Å²) in [6.07, 6.45) is 8.81. The molecule has 0 amide bonds. The summed E-state index contributed by atoms with van der Waals surface area (Å²) in [5.41, 5.74) is 4.32. The van der Waals surface area contributed by atoms with Crippen molar-refractivity contribution in [3.63, 3.8) is 0 Å². The predicted molar refractivity (Wildman–Crippen MR) is 35.5 cm³/mol. The maximum absolute atomic E-state index is 3.54. The van der Waals surface area contributed by atoms with E-state index in [1.165, 1.54) is 5.57 Å². The first kappa shape index (κ1) is 5.14. The van der Waals surface area contributed by atoms with Crippen LogP contribution in [0.5, 0.6) is 0 Å². The maximum Gasteiger partial charge on any atom is -0.00204 e. The van der Waals surface area contributed by atoms with Crippen LogP contribution in [0.1, 0.15) is 6.42 Å². The van der Waals surface area contributed by atoms with E-state index in [9.17, 15) is 0 Å². The topological polar surface area (TPSA) is 0 Å². The summed E-state index contributed by atoms with van der Waals surface area (Å²) in [6.45, 7) is 3.54. The zero-order chi connectivity index (χ0) is 5.82. The molecule has 1 aliphatic rings. The summed E-state index contributed by atoms with van der Waals surface area (Å²) in [5.74, 6) is 0. The zero-order valence-corrected chi connectivity index (χ0v) is 4.72. The Morgan fingerprint density at radius 2 is 2.50 bits per heavy atom. The Labute approximate surface area is 49.5 Å². The van der Waals surface area contributed by atoms with Crippen LogP contribution in [0.3, 0.4) is 0 Å². The number of rotatable bonds is 1. The first-order valence-electron chi connectivity index (χ1n) is 2.66. The molecule has 40 valence electrons. The molecule has 0 aromatic heterocycles. The van der Waals surface area contributed by atoms with Gasteiger partial charge in [-0.3, -0.25) is 0 Å². The van der Waals surface area contributed by atoms with E-state index in [1.54, 1.807) is 6.08 Å². The third-order valence-electron chi connectivity index (χ3n) is 1.04. The van der Waals surface area contributed by atoms with Crippen molar-refractivity contribution in [3.05, 3.63) is 42.2 Å². The van der Waals surface area contributed by atoms with E-state index in [4.69, 9.17) is 0 Å². The fourth-order valence-corrected chi connectivity index (χ4v) is 0.509. The number of hydrogen-bond donors (Lipinski definition) is 0. The van der Waals surface area contributed by atoms with Crippen molar-refractivity contribution in [1.82, 2.24) is 0 Å². The molecule has 0 fully saturated rings.